The zero-order valence-electron chi connectivity index (χ0n) is 14.6. The Kier molecular flexibility index (Phi) is 5.64. The number of hydrogen-bond acceptors (Lipinski definition) is 8. The van der Waals surface area contributed by atoms with Gasteiger partial charge < -0.3 is 20.5 Å². The lowest BCUT2D eigenvalue weighted by Crippen LogP contribution is -2.38. The predicted octanol–water partition coefficient (Wildman–Crippen LogP) is 0.378. The van der Waals surface area contributed by atoms with E-state index < -0.39 is 5.97 Å². The number of H-pyrrole nitrogens is 1. The van der Waals surface area contributed by atoms with Crippen LogP contribution >= 0.6 is 0 Å². The van der Waals surface area contributed by atoms with Gasteiger partial charge in [0, 0.05) is 26.1 Å². The number of nitrogens with two attached hydrogens (primary N) is 1. The van der Waals surface area contributed by atoms with E-state index in [4.69, 9.17) is 15.2 Å². The van der Waals surface area contributed by atoms with Gasteiger partial charge in [-0.05, 0) is 13.0 Å². The molecule has 3 heterocycles. The number of amides is 1. The van der Waals surface area contributed by atoms with Crippen molar-refractivity contribution >= 4 is 34.5 Å². The fourth-order valence-corrected chi connectivity index (χ4v) is 2.71. The largest absolute Gasteiger partial charge is 0.462 e. The summed E-state index contributed by atoms with van der Waals surface area (Å²) in [4.78, 5) is 30.5. The molecule has 140 valence electrons. The molecule has 0 saturated carbocycles. The average Bonchev–Trinajstić information content (AvgIpc) is 3.02. The van der Waals surface area contributed by atoms with Crippen LogP contribution in [0.3, 0.4) is 0 Å². The Balaban J connectivity index is 1.70. The van der Waals surface area contributed by atoms with Crippen LogP contribution in [0.4, 0.5) is 11.6 Å². The molecule has 0 unspecified atom stereocenters. The molecule has 26 heavy (non-hydrogen) atoms. The van der Waals surface area contributed by atoms with Crippen LogP contribution in [0.2, 0.25) is 0 Å². The highest BCUT2D eigenvalue weighted by atomic mass is 16.5. The van der Waals surface area contributed by atoms with Gasteiger partial charge in [-0.2, -0.15) is 5.10 Å². The minimum Gasteiger partial charge on any atom is -0.462 e. The summed E-state index contributed by atoms with van der Waals surface area (Å²) in [6.07, 6.45) is 0.335. The van der Waals surface area contributed by atoms with Crippen LogP contribution in [-0.4, -0.2) is 71.4 Å². The minimum atomic E-state index is -0.565. The maximum Gasteiger partial charge on any atom is 0.341 e. The summed E-state index contributed by atoms with van der Waals surface area (Å²) in [5.74, 6) is -0.376. The van der Waals surface area contributed by atoms with Crippen molar-refractivity contribution < 1.29 is 19.1 Å². The number of nitrogens with zero attached hydrogens (tertiary/aromatic N) is 3. The fraction of sp³-hybridized carbons (Fsp3) is 0.500. The number of morpholine rings is 1. The van der Waals surface area contributed by atoms with Gasteiger partial charge in [-0.3, -0.25) is 14.8 Å². The van der Waals surface area contributed by atoms with Crippen LogP contribution in [0.5, 0.6) is 0 Å². The Morgan fingerprint density at radius 1 is 1.42 bits per heavy atom. The van der Waals surface area contributed by atoms with E-state index in [9.17, 15) is 9.59 Å². The Morgan fingerprint density at radius 3 is 2.92 bits per heavy atom. The highest BCUT2D eigenvalue weighted by Gasteiger charge is 2.18. The number of esters is 1. The molecule has 1 aliphatic rings. The molecule has 1 amide bonds. The van der Waals surface area contributed by atoms with E-state index in [0.717, 1.165) is 13.1 Å². The summed E-state index contributed by atoms with van der Waals surface area (Å²) >= 11 is 0. The maximum absolute atomic E-state index is 12.2. The van der Waals surface area contributed by atoms with Crippen molar-refractivity contribution in [2.45, 2.75) is 13.3 Å². The number of nitrogen functional groups attached to an aromatic ring is 1. The van der Waals surface area contributed by atoms with Crippen LogP contribution in [0, 0.1) is 0 Å². The summed E-state index contributed by atoms with van der Waals surface area (Å²) in [6.45, 7) is 5.61. The van der Waals surface area contributed by atoms with Crippen molar-refractivity contribution in [3.8, 4) is 0 Å². The van der Waals surface area contributed by atoms with E-state index in [-0.39, 0.29) is 23.9 Å². The second kappa shape index (κ2) is 8.11. The number of carbonyl (C=O) groups excluding carboxylic acids is 2. The number of anilines is 2. The highest BCUT2D eigenvalue weighted by molar-refractivity contribution is 6.03. The molecule has 3 rings (SSSR count). The van der Waals surface area contributed by atoms with Crippen LogP contribution < -0.4 is 11.1 Å². The van der Waals surface area contributed by atoms with E-state index >= 15 is 0 Å². The molecule has 0 aliphatic carbocycles. The molecule has 2 aromatic heterocycles. The minimum absolute atomic E-state index is 0.0461. The molecule has 2 aromatic rings. The van der Waals surface area contributed by atoms with Crippen molar-refractivity contribution in [2.24, 2.45) is 0 Å². The van der Waals surface area contributed by atoms with Crippen LogP contribution in [0.15, 0.2) is 6.07 Å². The normalized spacial score (nSPS) is 15.1. The van der Waals surface area contributed by atoms with Crippen molar-refractivity contribution in [3.63, 3.8) is 0 Å². The quantitative estimate of drug-likeness (QED) is 0.628. The van der Waals surface area contributed by atoms with Gasteiger partial charge in [0.15, 0.2) is 11.5 Å². The van der Waals surface area contributed by atoms with E-state index in [0.29, 0.717) is 43.0 Å². The lowest BCUT2D eigenvalue weighted by Gasteiger charge is -2.26. The summed E-state index contributed by atoms with van der Waals surface area (Å²) in [5.41, 5.74) is 6.33. The van der Waals surface area contributed by atoms with Crippen LogP contribution in [-0.2, 0) is 14.3 Å². The van der Waals surface area contributed by atoms with Gasteiger partial charge in [0.05, 0.1) is 25.2 Å². The standard InChI is InChI=1S/C16H22N6O4/c1-2-26-16(24)10-9-11-14(20-21-15(11)19-13(10)17)18-12(23)3-4-22-5-7-25-8-6-22/h9H,2-8H2,1H3,(H4,17,18,19,20,21,23). The van der Waals surface area contributed by atoms with Gasteiger partial charge in [0.25, 0.3) is 0 Å². The van der Waals surface area contributed by atoms with Crippen molar-refractivity contribution in [1.29, 1.82) is 0 Å². The summed E-state index contributed by atoms with van der Waals surface area (Å²) in [6, 6.07) is 1.52. The maximum atomic E-state index is 12.2. The number of nitrogens with one attached hydrogen (secondary N) is 2. The molecular formula is C16H22N6O4. The molecule has 0 atom stereocenters. The summed E-state index contributed by atoms with van der Waals surface area (Å²) in [7, 11) is 0. The topological polar surface area (TPSA) is 135 Å². The molecule has 1 aliphatic heterocycles. The number of aromatic nitrogens is 3. The fourth-order valence-electron chi connectivity index (χ4n) is 2.71. The molecular weight excluding hydrogens is 340 g/mol. The Labute approximate surface area is 150 Å². The second-order valence-corrected chi connectivity index (χ2v) is 5.86. The van der Waals surface area contributed by atoms with Crippen LogP contribution in [0.1, 0.15) is 23.7 Å². The lowest BCUT2D eigenvalue weighted by molar-refractivity contribution is -0.116. The number of fused-ring (bicyclic) bond motifs is 1. The first kappa shape index (κ1) is 18.1. The van der Waals surface area contributed by atoms with Gasteiger partial charge in [-0.15, -0.1) is 0 Å². The first-order valence-electron chi connectivity index (χ1n) is 8.50. The third-order valence-electron chi connectivity index (χ3n) is 4.09. The molecule has 10 heteroatoms. The Morgan fingerprint density at radius 2 is 2.19 bits per heavy atom. The third-order valence-corrected chi connectivity index (χ3v) is 4.09. The third kappa shape index (κ3) is 4.09. The van der Waals surface area contributed by atoms with E-state index in [2.05, 4.69) is 25.4 Å². The number of pyridine rings is 1. The van der Waals surface area contributed by atoms with Gasteiger partial charge in [-0.25, -0.2) is 9.78 Å². The van der Waals surface area contributed by atoms with Crippen molar-refractivity contribution in [2.75, 3.05) is 50.5 Å². The van der Waals surface area contributed by atoms with Crippen LogP contribution in [0.25, 0.3) is 11.0 Å². The van der Waals surface area contributed by atoms with Gasteiger partial charge >= 0.3 is 5.97 Å². The molecule has 1 fully saturated rings. The summed E-state index contributed by atoms with van der Waals surface area (Å²) < 4.78 is 10.3. The molecule has 0 bridgehead atoms. The number of carbonyl (C=O) groups is 2. The molecule has 0 spiro atoms. The molecule has 0 aromatic carbocycles. The number of ether oxygens (including phenoxy) is 2. The average molecular weight is 362 g/mol. The van der Waals surface area contributed by atoms with E-state index in [1.807, 2.05) is 0 Å². The van der Waals surface area contributed by atoms with Gasteiger partial charge in [0.2, 0.25) is 5.91 Å². The summed E-state index contributed by atoms with van der Waals surface area (Å²) in [5, 5.41) is 10.0. The van der Waals surface area contributed by atoms with E-state index in [1.54, 1.807) is 6.92 Å². The van der Waals surface area contributed by atoms with Crippen molar-refractivity contribution in [3.05, 3.63) is 11.6 Å². The zero-order chi connectivity index (χ0) is 18.5. The molecule has 10 nitrogen and oxygen atoms in total. The lowest BCUT2D eigenvalue weighted by atomic mass is 10.2. The molecule has 1 saturated heterocycles. The highest BCUT2D eigenvalue weighted by Crippen LogP contribution is 2.24. The van der Waals surface area contributed by atoms with Crippen molar-refractivity contribution in [1.82, 2.24) is 20.1 Å². The first-order chi connectivity index (χ1) is 12.6. The smallest absolute Gasteiger partial charge is 0.341 e. The molecule has 4 N–H and O–H groups in total. The zero-order valence-corrected chi connectivity index (χ0v) is 14.6. The van der Waals surface area contributed by atoms with E-state index in [1.165, 1.54) is 6.07 Å². The Hall–Kier alpha value is -2.72. The number of aromatic amines is 1. The number of rotatable bonds is 6. The predicted molar refractivity (Wildman–Crippen MR) is 94.8 cm³/mol. The monoisotopic (exact) mass is 362 g/mol. The van der Waals surface area contributed by atoms with Gasteiger partial charge in [0.1, 0.15) is 11.4 Å². The van der Waals surface area contributed by atoms with Gasteiger partial charge in [-0.1, -0.05) is 0 Å². The molecule has 0 radical (unpaired) electrons. The Bertz CT molecular complexity index is 799. The number of hydrogen-bond donors (Lipinski definition) is 3. The second-order valence-electron chi connectivity index (χ2n) is 5.86. The first-order valence-corrected chi connectivity index (χ1v) is 8.50. The SMILES string of the molecule is CCOC(=O)c1cc2c(NC(=O)CCN3CCOCC3)n[nH]c2nc1N.